The summed E-state index contributed by atoms with van der Waals surface area (Å²) in [6.07, 6.45) is 2.09. The molecule has 2 nitrogen and oxygen atoms in total. The number of hydrogen-bond acceptors (Lipinski definition) is 2. The maximum absolute atomic E-state index is 4.84. The summed E-state index contributed by atoms with van der Waals surface area (Å²) >= 11 is 0. The molecule has 1 aliphatic heterocycles. The van der Waals surface area contributed by atoms with E-state index in [2.05, 4.69) is 26.8 Å². The zero-order chi connectivity index (χ0) is 7.61. The lowest BCUT2D eigenvalue weighted by Crippen LogP contribution is -2.19. The standard InChI is InChI=1S/C8H14O2/c1-8(2,3)7-4-5-9-10-6-7/h4H,5-6H2,1-3H3. The second-order valence-corrected chi connectivity index (χ2v) is 3.53. The van der Waals surface area contributed by atoms with Gasteiger partial charge in [-0.25, -0.2) is 9.78 Å². The van der Waals surface area contributed by atoms with E-state index in [9.17, 15) is 0 Å². The van der Waals surface area contributed by atoms with Crippen LogP contribution in [0.1, 0.15) is 20.8 Å². The van der Waals surface area contributed by atoms with Gasteiger partial charge in [0.1, 0.15) is 13.2 Å². The molecule has 1 heterocycles. The normalized spacial score (nSPS) is 20.5. The molecule has 0 radical (unpaired) electrons. The summed E-state index contributed by atoms with van der Waals surface area (Å²) in [4.78, 5) is 9.56. The van der Waals surface area contributed by atoms with Gasteiger partial charge in [-0.2, -0.15) is 0 Å². The van der Waals surface area contributed by atoms with Crippen molar-refractivity contribution in [1.29, 1.82) is 0 Å². The van der Waals surface area contributed by atoms with E-state index >= 15 is 0 Å². The summed E-state index contributed by atoms with van der Waals surface area (Å²) in [7, 11) is 0. The van der Waals surface area contributed by atoms with Gasteiger partial charge in [-0.15, -0.1) is 0 Å². The molecule has 0 fully saturated rings. The van der Waals surface area contributed by atoms with Crippen LogP contribution in [0.4, 0.5) is 0 Å². The van der Waals surface area contributed by atoms with Crippen LogP contribution in [-0.2, 0) is 9.78 Å². The molecule has 0 aromatic carbocycles. The summed E-state index contributed by atoms with van der Waals surface area (Å²) < 4.78 is 0. The average Bonchev–Trinajstić information content (AvgIpc) is 1.88. The Labute approximate surface area is 61.8 Å². The van der Waals surface area contributed by atoms with Gasteiger partial charge in [0.15, 0.2) is 0 Å². The van der Waals surface area contributed by atoms with E-state index in [1.165, 1.54) is 5.57 Å². The van der Waals surface area contributed by atoms with Gasteiger partial charge in [0.05, 0.1) is 0 Å². The highest BCUT2D eigenvalue weighted by Crippen LogP contribution is 2.26. The summed E-state index contributed by atoms with van der Waals surface area (Å²) in [5, 5.41) is 0. The van der Waals surface area contributed by atoms with E-state index in [0.717, 1.165) is 0 Å². The van der Waals surface area contributed by atoms with Crippen molar-refractivity contribution in [3.63, 3.8) is 0 Å². The smallest absolute Gasteiger partial charge is 0.104 e. The maximum Gasteiger partial charge on any atom is 0.104 e. The minimum absolute atomic E-state index is 0.226. The van der Waals surface area contributed by atoms with Crippen LogP contribution in [-0.4, -0.2) is 13.2 Å². The Hall–Kier alpha value is -0.340. The molecule has 0 saturated carbocycles. The van der Waals surface area contributed by atoms with E-state index in [0.29, 0.717) is 13.2 Å². The van der Waals surface area contributed by atoms with Crippen molar-refractivity contribution >= 4 is 0 Å². The molecule has 0 aliphatic carbocycles. The van der Waals surface area contributed by atoms with E-state index in [4.69, 9.17) is 9.78 Å². The van der Waals surface area contributed by atoms with Crippen LogP contribution < -0.4 is 0 Å². The zero-order valence-electron chi connectivity index (χ0n) is 6.81. The largest absolute Gasteiger partial charge is 0.232 e. The van der Waals surface area contributed by atoms with Crippen LogP contribution in [0.25, 0.3) is 0 Å². The van der Waals surface area contributed by atoms with E-state index in [-0.39, 0.29) is 5.41 Å². The Morgan fingerprint density at radius 2 is 2.00 bits per heavy atom. The summed E-state index contributed by atoms with van der Waals surface area (Å²) in [5.41, 5.74) is 1.54. The average molecular weight is 142 g/mol. The van der Waals surface area contributed by atoms with Crippen molar-refractivity contribution in [2.75, 3.05) is 13.2 Å². The molecule has 0 saturated heterocycles. The minimum atomic E-state index is 0.226. The third-order valence-electron chi connectivity index (χ3n) is 1.66. The molecule has 2 heteroatoms. The summed E-state index contributed by atoms with van der Waals surface area (Å²) in [6.45, 7) is 7.73. The van der Waals surface area contributed by atoms with Gasteiger partial charge in [0.25, 0.3) is 0 Å². The summed E-state index contributed by atoms with van der Waals surface area (Å²) in [6, 6.07) is 0. The van der Waals surface area contributed by atoms with E-state index in [1.807, 2.05) is 0 Å². The Balaban J connectivity index is 2.62. The molecule has 58 valence electrons. The van der Waals surface area contributed by atoms with Gasteiger partial charge < -0.3 is 0 Å². The van der Waals surface area contributed by atoms with E-state index in [1.54, 1.807) is 0 Å². The van der Waals surface area contributed by atoms with Crippen molar-refractivity contribution in [2.24, 2.45) is 5.41 Å². The Bertz CT molecular complexity index is 142. The van der Waals surface area contributed by atoms with Crippen molar-refractivity contribution in [1.82, 2.24) is 0 Å². The van der Waals surface area contributed by atoms with Crippen LogP contribution in [0.3, 0.4) is 0 Å². The molecule has 0 unspecified atom stereocenters. The summed E-state index contributed by atoms with van der Waals surface area (Å²) in [5.74, 6) is 0. The molecule has 0 atom stereocenters. The third kappa shape index (κ3) is 1.82. The Kier molecular flexibility index (Phi) is 2.11. The van der Waals surface area contributed by atoms with Crippen molar-refractivity contribution in [2.45, 2.75) is 20.8 Å². The van der Waals surface area contributed by atoms with E-state index < -0.39 is 0 Å². The van der Waals surface area contributed by atoms with Crippen LogP contribution in [0.5, 0.6) is 0 Å². The van der Waals surface area contributed by atoms with Gasteiger partial charge in [-0.1, -0.05) is 26.8 Å². The highest BCUT2D eigenvalue weighted by molar-refractivity contribution is 5.12. The molecule has 1 aliphatic rings. The third-order valence-corrected chi connectivity index (χ3v) is 1.66. The fraction of sp³-hybridized carbons (Fsp3) is 0.750. The molecule has 0 aromatic heterocycles. The van der Waals surface area contributed by atoms with Gasteiger partial charge in [0.2, 0.25) is 0 Å². The first kappa shape index (κ1) is 7.76. The first-order valence-electron chi connectivity index (χ1n) is 3.54. The van der Waals surface area contributed by atoms with Crippen molar-refractivity contribution < 1.29 is 9.78 Å². The highest BCUT2D eigenvalue weighted by atomic mass is 17.2. The number of hydrogen-bond donors (Lipinski definition) is 0. The molecule has 10 heavy (non-hydrogen) atoms. The van der Waals surface area contributed by atoms with Crippen molar-refractivity contribution in [3.8, 4) is 0 Å². The lowest BCUT2D eigenvalue weighted by molar-refractivity contribution is -0.288. The van der Waals surface area contributed by atoms with Crippen LogP contribution >= 0.6 is 0 Å². The second kappa shape index (κ2) is 2.72. The van der Waals surface area contributed by atoms with Gasteiger partial charge in [0, 0.05) is 0 Å². The monoisotopic (exact) mass is 142 g/mol. The van der Waals surface area contributed by atoms with Gasteiger partial charge >= 0.3 is 0 Å². The van der Waals surface area contributed by atoms with Crippen LogP contribution in [0.15, 0.2) is 11.6 Å². The second-order valence-electron chi connectivity index (χ2n) is 3.53. The lowest BCUT2D eigenvalue weighted by atomic mass is 9.86. The molecule has 0 bridgehead atoms. The van der Waals surface area contributed by atoms with Crippen LogP contribution in [0.2, 0.25) is 0 Å². The fourth-order valence-corrected chi connectivity index (χ4v) is 0.869. The molecular weight excluding hydrogens is 128 g/mol. The maximum atomic E-state index is 4.84. The Morgan fingerprint density at radius 3 is 2.30 bits per heavy atom. The van der Waals surface area contributed by atoms with Crippen LogP contribution in [0, 0.1) is 5.41 Å². The molecule has 0 spiro atoms. The molecule has 0 amide bonds. The minimum Gasteiger partial charge on any atom is -0.232 e. The molecule has 0 aromatic rings. The predicted octanol–water partition coefficient (Wildman–Crippen LogP) is 1.92. The Morgan fingerprint density at radius 1 is 1.30 bits per heavy atom. The molecule has 0 N–H and O–H groups in total. The highest BCUT2D eigenvalue weighted by Gasteiger charge is 2.18. The van der Waals surface area contributed by atoms with Gasteiger partial charge in [-0.3, -0.25) is 0 Å². The van der Waals surface area contributed by atoms with Crippen molar-refractivity contribution in [3.05, 3.63) is 11.6 Å². The number of rotatable bonds is 0. The predicted molar refractivity (Wildman–Crippen MR) is 39.4 cm³/mol. The molecule has 1 rings (SSSR count). The van der Waals surface area contributed by atoms with Gasteiger partial charge in [-0.05, 0) is 11.0 Å². The quantitative estimate of drug-likeness (QED) is 0.380. The molecular formula is C8H14O2. The topological polar surface area (TPSA) is 18.5 Å². The SMILES string of the molecule is CC(C)(C)C1=CCOOC1. The first-order valence-corrected chi connectivity index (χ1v) is 3.54. The fourth-order valence-electron chi connectivity index (χ4n) is 0.869. The zero-order valence-corrected chi connectivity index (χ0v) is 6.81. The first-order chi connectivity index (χ1) is 4.61. The lowest BCUT2D eigenvalue weighted by Gasteiger charge is -2.24.